The molecule has 1 aliphatic heterocycles. The number of para-hydroxylation sites is 2. The summed E-state index contributed by atoms with van der Waals surface area (Å²) < 4.78 is 28.9. The zero-order valence-electron chi connectivity index (χ0n) is 13.6. The highest BCUT2D eigenvalue weighted by atomic mass is 32.2. The summed E-state index contributed by atoms with van der Waals surface area (Å²) >= 11 is 1.42. The summed E-state index contributed by atoms with van der Waals surface area (Å²) in [5, 5.41) is 2.93. The first-order chi connectivity index (χ1) is 11.5. The number of benzene rings is 1. The maximum absolute atomic E-state index is 12.2. The molecule has 2 aliphatic rings. The van der Waals surface area contributed by atoms with Crippen LogP contribution < -0.4 is 10.1 Å². The molecule has 1 amide bonds. The van der Waals surface area contributed by atoms with Crippen molar-refractivity contribution in [3.63, 3.8) is 0 Å². The van der Waals surface area contributed by atoms with Crippen LogP contribution in [0.5, 0.6) is 5.75 Å². The number of thioether (sulfide) groups is 1. The fourth-order valence-corrected chi connectivity index (χ4v) is 6.57. The second-order valence-electron chi connectivity index (χ2n) is 6.40. The second-order valence-corrected chi connectivity index (χ2v) is 9.92. The van der Waals surface area contributed by atoms with E-state index in [1.807, 2.05) is 24.3 Å². The van der Waals surface area contributed by atoms with E-state index in [0.29, 0.717) is 17.9 Å². The van der Waals surface area contributed by atoms with Crippen molar-refractivity contribution in [3.8, 4) is 5.75 Å². The highest BCUT2D eigenvalue weighted by Crippen LogP contribution is 2.30. The molecule has 1 saturated heterocycles. The van der Waals surface area contributed by atoms with Gasteiger partial charge in [-0.15, -0.1) is 11.8 Å². The molecule has 3 rings (SSSR count). The Morgan fingerprint density at radius 2 is 1.96 bits per heavy atom. The van der Waals surface area contributed by atoms with Crippen LogP contribution in [0.15, 0.2) is 24.3 Å². The molecule has 0 radical (unpaired) electrons. The molecule has 1 aromatic carbocycles. The summed E-state index contributed by atoms with van der Waals surface area (Å²) in [7, 11) is -2.89. The minimum atomic E-state index is -2.89. The molecule has 24 heavy (non-hydrogen) atoms. The third-order valence-electron chi connectivity index (χ3n) is 4.40. The van der Waals surface area contributed by atoms with E-state index < -0.39 is 9.84 Å². The van der Waals surface area contributed by atoms with Crippen LogP contribution >= 0.6 is 11.8 Å². The van der Waals surface area contributed by atoms with E-state index in [9.17, 15) is 13.2 Å². The third-order valence-corrected chi connectivity index (χ3v) is 7.68. The fourth-order valence-electron chi connectivity index (χ4n) is 3.13. The molecular formula is C17H23NO4S2. The van der Waals surface area contributed by atoms with Gasteiger partial charge in [-0.05, 0) is 44.2 Å². The molecule has 0 spiro atoms. The van der Waals surface area contributed by atoms with E-state index in [0.717, 1.165) is 12.8 Å². The maximum atomic E-state index is 12.2. The number of hydrogen-bond acceptors (Lipinski definition) is 5. The number of amides is 1. The Bertz CT molecular complexity index is 684. The summed E-state index contributed by atoms with van der Waals surface area (Å²) in [5.74, 6) is 1.28. The molecule has 1 N–H and O–H groups in total. The summed E-state index contributed by atoms with van der Waals surface area (Å²) in [4.78, 5) is 12.2. The van der Waals surface area contributed by atoms with Crippen LogP contribution in [0, 0.1) is 0 Å². The zero-order valence-corrected chi connectivity index (χ0v) is 15.2. The van der Waals surface area contributed by atoms with Gasteiger partial charge in [0.25, 0.3) is 0 Å². The number of hydrogen-bond donors (Lipinski definition) is 1. The van der Waals surface area contributed by atoms with Crippen molar-refractivity contribution < 1.29 is 17.9 Å². The van der Waals surface area contributed by atoms with Crippen LogP contribution in [0.2, 0.25) is 0 Å². The van der Waals surface area contributed by atoms with Crippen LogP contribution in [0.1, 0.15) is 32.1 Å². The van der Waals surface area contributed by atoms with Gasteiger partial charge in [0.1, 0.15) is 5.75 Å². The highest BCUT2D eigenvalue weighted by molar-refractivity contribution is 8.02. The summed E-state index contributed by atoms with van der Waals surface area (Å²) in [5.41, 5.74) is 0.689. The zero-order chi connectivity index (χ0) is 17.0. The Hall–Kier alpha value is -1.21. The van der Waals surface area contributed by atoms with Crippen LogP contribution in [-0.2, 0) is 14.6 Å². The van der Waals surface area contributed by atoms with Crippen molar-refractivity contribution in [2.45, 2.75) is 43.5 Å². The lowest BCUT2D eigenvalue weighted by molar-refractivity contribution is -0.113. The number of nitrogens with one attached hydrogen (secondary N) is 1. The molecule has 5 nitrogen and oxygen atoms in total. The molecule has 1 heterocycles. The van der Waals surface area contributed by atoms with Gasteiger partial charge in [-0.25, -0.2) is 8.42 Å². The first-order valence-electron chi connectivity index (χ1n) is 8.39. The number of carbonyl (C=O) groups is 1. The first kappa shape index (κ1) is 17.6. The van der Waals surface area contributed by atoms with Gasteiger partial charge in [-0.2, -0.15) is 0 Å². The topological polar surface area (TPSA) is 72.5 Å². The lowest BCUT2D eigenvalue weighted by Crippen LogP contribution is -2.19. The van der Waals surface area contributed by atoms with Crippen molar-refractivity contribution in [2.75, 3.05) is 22.6 Å². The van der Waals surface area contributed by atoms with Gasteiger partial charge in [0, 0.05) is 5.25 Å². The Labute approximate surface area is 147 Å². The number of carbonyl (C=O) groups excluding carboxylic acids is 1. The largest absolute Gasteiger partial charge is 0.488 e. The maximum Gasteiger partial charge on any atom is 0.234 e. The molecule has 1 saturated carbocycles. The quantitative estimate of drug-likeness (QED) is 0.835. The van der Waals surface area contributed by atoms with E-state index in [-0.39, 0.29) is 34.5 Å². The monoisotopic (exact) mass is 369 g/mol. The molecule has 132 valence electrons. The average Bonchev–Trinajstić information content (AvgIpc) is 3.16. The van der Waals surface area contributed by atoms with E-state index in [1.54, 1.807) is 0 Å². The standard InChI is InChI=1S/C17H23NO4S2/c19-17(11-23-14-9-10-24(20,21)12-14)18-15-7-3-4-8-16(15)22-13-5-1-2-6-13/h3-4,7-8,13-14H,1-2,5-6,9-12H2,(H,18,19). The molecule has 1 unspecified atom stereocenters. The van der Waals surface area contributed by atoms with E-state index in [2.05, 4.69) is 5.32 Å². The van der Waals surface area contributed by atoms with Crippen molar-refractivity contribution in [2.24, 2.45) is 0 Å². The molecule has 1 atom stereocenters. The molecule has 2 fully saturated rings. The van der Waals surface area contributed by atoms with Gasteiger partial charge in [-0.3, -0.25) is 4.79 Å². The van der Waals surface area contributed by atoms with E-state index >= 15 is 0 Å². The van der Waals surface area contributed by atoms with Crippen LogP contribution in [-0.4, -0.2) is 42.9 Å². The van der Waals surface area contributed by atoms with Crippen LogP contribution in [0.25, 0.3) is 0 Å². The Kier molecular flexibility index (Phi) is 5.71. The number of ether oxygens (including phenoxy) is 1. The van der Waals surface area contributed by atoms with Gasteiger partial charge in [0.15, 0.2) is 9.84 Å². The Balaban J connectivity index is 1.52. The lowest BCUT2D eigenvalue weighted by atomic mass is 10.2. The second kappa shape index (κ2) is 7.78. The van der Waals surface area contributed by atoms with Crippen LogP contribution in [0.3, 0.4) is 0 Å². The van der Waals surface area contributed by atoms with Gasteiger partial charge < -0.3 is 10.1 Å². The van der Waals surface area contributed by atoms with Gasteiger partial charge in [0.2, 0.25) is 5.91 Å². The smallest absolute Gasteiger partial charge is 0.234 e. The minimum Gasteiger partial charge on any atom is -0.488 e. The average molecular weight is 370 g/mol. The molecule has 1 aromatic rings. The Morgan fingerprint density at radius 1 is 1.21 bits per heavy atom. The van der Waals surface area contributed by atoms with Crippen molar-refractivity contribution in [3.05, 3.63) is 24.3 Å². The van der Waals surface area contributed by atoms with Gasteiger partial charge in [0.05, 0.1) is 29.0 Å². The number of rotatable bonds is 6. The van der Waals surface area contributed by atoms with Crippen molar-refractivity contribution in [1.82, 2.24) is 0 Å². The van der Waals surface area contributed by atoms with Crippen molar-refractivity contribution >= 4 is 33.2 Å². The fraction of sp³-hybridized carbons (Fsp3) is 0.588. The molecule has 1 aliphatic carbocycles. The predicted molar refractivity (Wildman–Crippen MR) is 97.5 cm³/mol. The lowest BCUT2D eigenvalue weighted by Gasteiger charge is -2.17. The SMILES string of the molecule is O=C(CSC1CCS(=O)(=O)C1)Nc1ccccc1OC1CCCC1. The van der Waals surface area contributed by atoms with E-state index in [4.69, 9.17) is 4.74 Å². The highest BCUT2D eigenvalue weighted by Gasteiger charge is 2.28. The number of anilines is 1. The summed E-state index contributed by atoms with van der Waals surface area (Å²) in [6.45, 7) is 0. The van der Waals surface area contributed by atoms with E-state index in [1.165, 1.54) is 24.6 Å². The van der Waals surface area contributed by atoms with Crippen molar-refractivity contribution in [1.29, 1.82) is 0 Å². The molecule has 0 bridgehead atoms. The minimum absolute atomic E-state index is 0.0331. The van der Waals surface area contributed by atoms with Gasteiger partial charge in [-0.1, -0.05) is 12.1 Å². The molecule has 7 heteroatoms. The summed E-state index contributed by atoms with van der Waals surface area (Å²) in [6, 6.07) is 7.49. The van der Waals surface area contributed by atoms with Crippen LogP contribution in [0.4, 0.5) is 5.69 Å². The third kappa shape index (κ3) is 4.89. The predicted octanol–water partition coefficient (Wildman–Crippen LogP) is 2.87. The summed E-state index contributed by atoms with van der Waals surface area (Å²) in [6.07, 6.45) is 5.39. The molecule has 0 aromatic heterocycles. The number of sulfone groups is 1. The normalized spacial score (nSPS) is 23.2. The first-order valence-corrected chi connectivity index (χ1v) is 11.3. The Morgan fingerprint density at radius 3 is 2.67 bits per heavy atom. The van der Waals surface area contributed by atoms with Gasteiger partial charge >= 0.3 is 0 Å². The molecular weight excluding hydrogens is 346 g/mol.